The number of ketones is 1. The normalized spacial score (nSPS) is 20.3. The van der Waals surface area contributed by atoms with Gasteiger partial charge in [-0.2, -0.15) is 0 Å². The first-order valence-electron chi connectivity index (χ1n) is 10.6. The van der Waals surface area contributed by atoms with Crippen LogP contribution in [0.15, 0.2) is 71.9 Å². The zero-order valence-corrected chi connectivity index (χ0v) is 18.8. The number of nitrogens with zero attached hydrogens (tertiary/aromatic N) is 1. The molecule has 2 aliphatic heterocycles. The van der Waals surface area contributed by atoms with Gasteiger partial charge in [0.25, 0.3) is 11.5 Å². The van der Waals surface area contributed by atoms with E-state index >= 15 is 0 Å². The van der Waals surface area contributed by atoms with Gasteiger partial charge in [0.05, 0.1) is 26.9 Å². The van der Waals surface area contributed by atoms with Gasteiger partial charge in [-0.15, -0.1) is 0 Å². The number of hydrogen-bond donors (Lipinski definition) is 1. The molecule has 0 aromatic heterocycles. The maximum Gasteiger partial charge on any atom is 0.277 e. The van der Waals surface area contributed by atoms with Gasteiger partial charge in [-0.1, -0.05) is 23.4 Å². The van der Waals surface area contributed by atoms with Crippen LogP contribution in [0.1, 0.15) is 21.5 Å². The summed E-state index contributed by atoms with van der Waals surface area (Å²) in [6.07, 6.45) is 0. The van der Waals surface area contributed by atoms with Gasteiger partial charge >= 0.3 is 0 Å². The van der Waals surface area contributed by atoms with E-state index in [1.54, 1.807) is 67.8 Å². The third-order valence-electron chi connectivity index (χ3n) is 6.20. The summed E-state index contributed by atoms with van der Waals surface area (Å²) in [5.41, 5.74) is 0.763. The summed E-state index contributed by atoms with van der Waals surface area (Å²) in [6.45, 7) is 0. The van der Waals surface area contributed by atoms with E-state index in [9.17, 15) is 9.59 Å². The molecule has 0 bridgehead atoms. The van der Waals surface area contributed by atoms with E-state index < -0.39 is 17.4 Å². The molecule has 3 aromatic carbocycles. The van der Waals surface area contributed by atoms with Crippen LogP contribution in [0.4, 0.5) is 5.69 Å². The molecule has 1 spiro atoms. The minimum absolute atomic E-state index is 0.288. The van der Waals surface area contributed by atoms with E-state index in [-0.39, 0.29) is 11.3 Å². The van der Waals surface area contributed by atoms with Crippen molar-refractivity contribution in [3.8, 4) is 17.2 Å². The van der Waals surface area contributed by atoms with Crippen LogP contribution < -0.4 is 19.5 Å². The number of benzene rings is 3. The highest BCUT2D eigenvalue weighted by atomic mass is 16.7. The Kier molecular flexibility index (Phi) is 5.20. The molecule has 8 nitrogen and oxygen atoms in total. The van der Waals surface area contributed by atoms with Crippen LogP contribution in [-0.4, -0.2) is 38.7 Å². The summed E-state index contributed by atoms with van der Waals surface area (Å²) in [5, 5.41) is 7.13. The Bertz CT molecular complexity index is 1320. The Morgan fingerprint density at radius 1 is 0.941 bits per heavy atom. The molecule has 5 rings (SSSR count). The fraction of sp³-hybridized carbons (Fsp3) is 0.192. The Morgan fingerprint density at radius 3 is 2.35 bits per heavy atom. The predicted molar refractivity (Wildman–Crippen MR) is 125 cm³/mol. The molecule has 34 heavy (non-hydrogen) atoms. The molecule has 0 radical (unpaired) electrons. The number of amides is 1. The van der Waals surface area contributed by atoms with Gasteiger partial charge < -0.3 is 24.4 Å². The Hall–Kier alpha value is -4.33. The number of oxime groups is 1. The fourth-order valence-corrected chi connectivity index (χ4v) is 4.50. The number of Topliss-reactive ketones (excluding diaryl/α,β-unsaturated/α-hetero) is 1. The molecule has 3 aromatic rings. The highest BCUT2D eigenvalue weighted by molar-refractivity contribution is 6.25. The Labute approximate surface area is 196 Å². The molecular weight excluding hydrogens is 436 g/mol. The molecule has 1 N–H and O–H groups in total. The zero-order valence-electron chi connectivity index (χ0n) is 18.8. The number of ether oxygens (including phenoxy) is 3. The standard InChI is InChI=1S/C26H22N2O6/c1-31-16-10-8-15(9-11-16)23-22(24(29)18-13-12-17(32-2)14-21(18)33-3)26(34-28-23)19-6-4-5-7-20(19)27-25(26)30/h4-14,22H,1-3H3,(H,27,30)/t22-,26+/m1/s1. The van der Waals surface area contributed by atoms with Crippen molar-refractivity contribution in [2.24, 2.45) is 11.1 Å². The highest BCUT2D eigenvalue weighted by Gasteiger charge is 2.63. The largest absolute Gasteiger partial charge is 0.497 e. The summed E-state index contributed by atoms with van der Waals surface area (Å²) >= 11 is 0. The lowest BCUT2D eigenvalue weighted by molar-refractivity contribution is -0.140. The quantitative estimate of drug-likeness (QED) is 0.565. The van der Waals surface area contributed by atoms with E-state index in [0.29, 0.717) is 39.8 Å². The Morgan fingerprint density at radius 2 is 1.65 bits per heavy atom. The average molecular weight is 458 g/mol. The zero-order chi connectivity index (χ0) is 23.9. The van der Waals surface area contributed by atoms with Crippen molar-refractivity contribution in [1.82, 2.24) is 0 Å². The van der Waals surface area contributed by atoms with Gasteiger partial charge in [0.2, 0.25) is 0 Å². The van der Waals surface area contributed by atoms with Gasteiger partial charge in [-0.3, -0.25) is 9.59 Å². The molecule has 2 atom stereocenters. The number of rotatable bonds is 6. The smallest absolute Gasteiger partial charge is 0.277 e. The third-order valence-corrected chi connectivity index (χ3v) is 6.20. The molecule has 0 aliphatic carbocycles. The molecule has 0 unspecified atom stereocenters. The monoisotopic (exact) mass is 458 g/mol. The minimum Gasteiger partial charge on any atom is -0.497 e. The average Bonchev–Trinajstić information content (AvgIpc) is 3.42. The summed E-state index contributed by atoms with van der Waals surface area (Å²) < 4.78 is 16.0. The van der Waals surface area contributed by atoms with Crippen LogP contribution >= 0.6 is 0 Å². The van der Waals surface area contributed by atoms with Gasteiger partial charge in [0, 0.05) is 22.9 Å². The van der Waals surface area contributed by atoms with Crippen LogP contribution in [0, 0.1) is 5.92 Å². The molecule has 2 aliphatic rings. The molecule has 172 valence electrons. The third kappa shape index (κ3) is 3.10. The van der Waals surface area contributed by atoms with Gasteiger partial charge in [0.1, 0.15) is 28.9 Å². The first-order valence-corrected chi connectivity index (χ1v) is 10.6. The van der Waals surface area contributed by atoms with Crippen molar-refractivity contribution >= 4 is 23.1 Å². The van der Waals surface area contributed by atoms with Crippen LogP contribution in [-0.2, 0) is 15.2 Å². The molecular formula is C26H22N2O6. The molecule has 1 amide bonds. The van der Waals surface area contributed by atoms with Gasteiger partial charge in [0.15, 0.2) is 5.78 Å². The first-order chi connectivity index (χ1) is 16.5. The van der Waals surface area contributed by atoms with E-state index in [4.69, 9.17) is 19.0 Å². The maximum absolute atomic E-state index is 14.2. The number of anilines is 1. The number of carbonyl (C=O) groups is 2. The van der Waals surface area contributed by atoms with Crippen molar-refractivity contribution in [3.05, 3.63) is 83.4 Å². The van der Waals surface area contributed by atoms with Gasteiger partial charge in [-0.05, 0) is 42.5 Å². The summed E-state index contributed by atoms with van der Waals surface area (Å²) in [5.74, 6) is -0.357. The molecule has 0 saturated heterocycles. The van der Waals surface area contributed by atoms with Crippen LogP contribution in [0.3, 0.4) is 0 Å². The fourth-order valence-electron chi connectivity index (χ4n) is 4.50. The minimum atomic E-state index is -1.64. The first kappa shape index (κ1) is 21.5. The lowest BCUT2D eigenvalue weighted by Gasteiger charge is -2.27. The SMILES string of the molecule is COc1ccc(C2=NO[C@]3(C(=O)Nc4ccccc43)[C@H]2C(=O)c2ccc(OC)cc2OC)cc1. The van der Waals surface area contributed by atoms with Crippen molar-refractivity contribution in [1.29, 1.82) is 0 Å². The van der Waals surface area contributed by atoms with E-state index in [0.717, 1.165) is 0 Å². The summed E-state index contributed by atoms with van der Waals surface area (Å²) in [4.78, 5) is 33.5. The number of nitrogens with one attached hydrogen (secondary N) is 1. The number of para-hydroxylation sites is 1. The van der Waals surface area contributed by atoms with Crippen LogP contribution in [0.2, 0.25) is 0 Å². The van der Waals surface area contributed by atoms with Crippen molar-refractivity contribution < 1.29 is 28.6 Å². The second-order valence-electron chi connectivity index (χ2n) is 7.90. The van der Waals surface area contributed by atoms with E-state index in [2.05, 4.69) is 10.5 Å². The number of carbonyl (C=O) groups excluding carboxylic acids is 2. The maximum atomic E-state index is 14.2. The van der Waals surface area contributed by atoms with Crippen molar-refractivity contribution in [3.63, 3.8) is 0 Å². The molecule has 0 fully saturated rings. The van der Waals surface area contributed by atoms with Crippen LogP contribution in [0.25, 0.3) is 0 Å². The topological polar surface area (TPSA) is 95.5 Å². The predicted octanol–water partition coefficient (Wildman–Crippen LogP) is 3.79. The number of methoxy groups -OCH3 is 3. The Balaban J connectivity index is 1.68. The molecule has 8 heteroatoms. The second kappa shape index (κ2) is 8.22. The second-order valence-corrected chi connectivity index (χ2v) is 7.90. The van der Waals surface area contributed by atoms with E-state index in [1.807, 2.05) is 6.07 Å². The van der Waals surface area contributed by atoms with Crippen molar-refractivity contribution in [2.45, 2.75) is 5.60 Å². The lowest BCUT2D eigenvalue weighted by atomic mass is 9.74. The van der Waals surface area contributed by atoms with E-state index in [1.165, 1.54) is 14.2 Å². The lowest BCUT2D eigenvalue weighted by Crippen LogP contribution is -2.46. The number of fused-ring (bicyclic) bond motifs is 2. The molecule has 2 heterocycles. The van der Waals surface area contributed by atoms with Crippen LogP contribution in [0.5, 0.6) is 17.2 Å². The summed E-state index contributed by atoms with van der Waals surface area (Å²) in [6, 6.07) is 19.2. The van der Waals surface area contributed by atoms with Gasteiger partial charge in [-0.25, -0.2) is 0 Å². The number of hydrogen-bond acceptors (Lipinski definition) is 7. The molecule has 0 saturated carbocycles. The summed E-state index contributed by atoms with van der Waals surface area (Å²) in [7, 11) is 4.58. The highest BCUT2D eigenvalue weighted by Crippen LogP contribution is 2.50. The van der Waals surface area contributed by atoms with Crippen molar-refractivity contribution in [2.75, 3.05) is 26.6 Å².